The van der Waals surface area contributed by atoms with E-state index in [0.717, 1.165) is 43.4 Å². The first-order chi connectivity index (χ1) is 12.3. The quantitative estimate of drug-likeness (QED) is 0.611. The number of nitro groups is 1. The van der Waals surface area contributed by atoms with Crippen LogP contribution in [0.5, 0.6) is 0 Å². The summed E-state index contributed by atoms with van der Waals surface area (Å²) in [7, 11) is -4.01. The number of benzene rings is 2. The van der Waals surface area contributed by atoms with Crippen molar-refractivity contribution in [3.05, 3.63) is 57.6 Å². The molecule has 0 atom stereocenters. The highest BCUT2D eigenvalue weighted by Gasteiger charge is 2.22. The van der Waals surface area contributed by atoms with E-state index in [9.17, 15) is 18.5 Å². The maximum atomic E-state index is 11.5. The van der Waals surface area contributed by atoms with E-state index in [-0.39, 0.29) is 16.3 Å². The van der Waals surface area contributed by atoms with Crippen molar-refractivity contribution in [3.8, 4) is 0 Å². The maximum Gasteiger partial charge on any atom is 0.294 e. The van der Waals surface area contributed by atoms with E-state index in [1.807, 2.05) is 12.1 Å². The standard InChI is InChI=1S/C17H20N4O4S/c1-2-20-9-8-14-12(11-20)4-3-5-15(14)19-16-7-6-13(26(18,24)25)10-17(16)21(22)23/h3-7,10,19H,2,8-9,11H2,1H3,(H2,18,24,25). The predicted molar refractivity (Wildman–Crippen MR) is 98.8 cm³/mol. The SMILES string of the molecule is CCN1CCc2c(cccc2Nc2ccc(S(N)(=O)=O)cc2[N+](=O)[O-])C1. The molecule has 2 aromatic carbocycles. The average Bonchev–Trinajstić information content (AvgIpc) is 2.60. The summed E-state index contributed by atoms with van der Waals surface area (Å²) in [5.41, 5.74) is 3.01. The molecule has 0 unspecified atom stereocenters. The van der Waals surface area contributed by atoms with Crippen LogP contribution in [0, 0.1) is 10.1 Å². The van der Waals surface area contributed by atoms with Crippen LogP contribution in [-0.2, 0) is 23.0 Å². The van der Waals surface area contributed by atoms with Crippen molar-refractivity contribution in [2.45, 2.75) is 24.8 Å². The second-order valence-electron chi connectivity index (χ2n) is 6.17. The number of nitrogens with two attached hydrogens (primary N) is 1. The van der Waals surface area contributed by atoms with Crippen LogP contribution in [0.3, 0.4) is 0 Å². The number of rotatable bonds is 5. The van der Waals surface area contributed by atoms with Gasteiger partial charge < -0.3 is 5.32 Å². The maximum absolute atomic E-state index is 11.5. The van der Waals surface area contributed by atoms with Crippen molar-refractivity contribution in [3.63, 3.8) is 0 Å². The molecule has 0 aromatic heterocycles. The van der Waals surface area contributed by atoms with Crippen LogP contribution >= 0.6 is 0 Å². The highest BCUT2D eigenvalue weighted by molar-refractivity contribution is 7.89. The number of hydrogen-bond donors (Lipinski definition) is 2. The van der Waals surface area contributed by atoms with Crippen LogP contribution < -0.4 is 10.5 Å². The molecule has 0 amide bonds. The van der Waals surface area contributed by atoms with E-state index in [1.165, 1.54) is 17.7 Å². The van der Waals surface area contributed by atoms with Crippen molar-refractivity contribution >= 4 is 27.1 Å². The Morgan fingerprint density at radius 2 is 2.04 bits per heavy atom. The number of anilines is 2. The van der Waals surface area contributed by atoms with Gasteiger partial charge in [0.15, 0.2) is 0 Å². The molecule has 0 bridgehead atoms. The van der Waals surface area contributed by atoms with E-state index < -0.39 is 14.9 Å². The fraction of sp³-hybridized carbons (Fsp3) is 0.294. The van der Waals surface area contributed by atoms with E-state index >= 15 is 0 Å². The number of nitrogens with one attached hydrogen (secondary N) is 1. The summed E-state index contributed by atoms with van der Waals surface area (Å²) in [6, 6.07) is 9.45. The summed E-state index contributed by atoms with van der Waals surface area (Å²) in [4.78, 5) is 12.8. The number of sulfonamides is 1. The second kappa shape index (κ2) is 7.02. The average molecular weight is 376 g/mol. The molecule has 1 heterocycles. The Bertz CT molecular complexity index is 959. The molecule has 26 heavy (non-hydrogen) atoms. The van der Waals surface area contributed by atoms with Crippen LogP contribution in [0.25, 0.3) is 0 Å². The molecule has 9 heteroatoms. The first-order valence-corrected chi connectivity index (χ1v) is 9.75. The van der Waals surface area contributed by atoms with Crippen molar-refractivity contribution < 1.29 is 13.3 Å². The Morgan fingerprint density at radius 3 is 2.69 bits per heavy atom. The minimum Gasteiger partial charge on any atom is -0.350 e. The summed E-state index contributed by atoms with van der Waals surface area (Å²) >= 11 is 0. The van der Waals surface area contributed by atoms with Gasteiger partial charge in [0.1, 0.15) is 5.69 Å². The molecule has 3 rings (SSSR count). The van der Waals surface area contributed by atoms with E-state index in [4.69, 9.17) is 5.14 Å². The first kappa shape index (κ1) is 18.3. The zero-order valence-electron chi connectivity index (χ0n) is 14.3. The van der Waals surface area contributed by atoms with Gasteiger partial charge in [0, 0.05) is 24.8 Å². The topological polar surface area (TPSA) is 119 Å². The summed E-state index contributed by atoms with van der Waals surface area (Å²) in [6.45, 7) is 4.85. The van der Waals surface area contributed by atoms with Crippen LogP contribution in [0.2, 0.25) is 0 Å². The zero-order chi connectivity index (χ0) is 18.9. The summed E-state index contributed by atoms with van der Waals surface area (Å²) < 4.78 is 22.9. The van der Waals surface area contributed by atoms with Crippen molar-refractivity contribution in [2.75, 3.05) is 18.4 Å². The van der Waals surface area contributed by atoms with Crippen LogP contribution in [0.15, 0.2) is 41.3 Å². The van der Waals surface area contributed by atoms with Gasteiger partial charge >= 0.3 is 0 Å². The van der Waals surface area contributed by atoms with Crippen LogP contribution in [0.1, 0.15) is 18.1 Å². The molecule has 0 aliphatic carbocycles. The van der Waals surface area contributed by atoms with E-state index in [2.05, 4.69) is 23.2 Å². The van der Waals surface area contributed by atoms with Crippen molar-refractivity contribution in [2.24, 2.45) is 5.14 Å². The monoisotopic (exact) mass is 376 g/mol. The summed E-state index contributed by atoms with van der Waals surface area (Å²) in [6.07, 6.45) is 0.843. The lowest BCUT2D eigenvalue weighted by molar-refractivity contribution is -0.384. The highest BCUT2D eigenvalue weighted by Crippen LogP contribution is 2.33. The predicted octanol–water partition coefficient (Wildman–Crippen LogP) is 2.36. The molecule has 0 saturated heterocycles. The number of hydrogen-bond acceptors (Lipinski definition) is 6. The Labute approximate surface area is 151 Å². The van der Waals surface area contributed by atoms with Gasteiger partial charge in [-0.3, -0.25) is 15.0 Å². The molecule has 0 fully saturated rings. The molecule has 0 spiro atoms. The normalized spacial score (nSPS) is 14.7. The van der Waals surface area contributed by atoms with Gasteiger partial charge in [-0.25, -0.2) is 13.6 Å². The summed E-state index contributed by atoms with van der Waals surface area (Å²) in [5, 5.41) is 19.6. The van der Waals surface area contributed by atoms with Gasteiger partial charge in [0.25, 0.3) is 5.69 Å². The summed E-state index contributed by atoms with van der Waals surface area (Å²) in [5.74, 6) is 0. The smallest absolute Gasteiger partial charge is 0.294 e. The zero-order valence-corrected chi connectivity index (χ0v) is 15.1. The Hall–Kier alpha value is -2.49. The highest BCUT2D eigenvalue weighted by atomic mass is 32.2. The van der Waals surface area contributed by atoms with Gasteiger partial charge in [0.2, 0.25) is 10.0 Å². The molecular formula is C17H20N4O4S. The largest absolute Gasteiger partial charge is 0.350 e. The van der Waals surface area contributed by atoms with Crippen LogP contribution in [0.4, 0.5) is 17.1 Å². The third-order valence-corrected chi connectivity index (χ3v) is 5.47. The number of primary sulfonamides is 1. The lowest BCUT2D eigenvalue weighted by Gasteiger charge is -2.29. The Balaban J connectivity index is 1.99. The molecule has 0 saturated carbocycles. The van der Waals surface area contributed by atoms with Crippen LogP contribution in [-0.4, -0.2) is 31.3 Å². The molecule has 0 radical (unpaired) electrons. The number of nitro benzene ring substituents is 1. The number of fused-ring (bicyclic) bond motifs is 1. The Kier molecular flexibility index (Phi) is 4.94. The molecule has 8 nitrogen and oxygen atoms in total. The van der Waals surface area contributed by atoms with Gasteiger partial charge in [-0.15, -0.1) is 0 Å². The molecule has 1 aliphatic heterocycles. The fourth-order valence-electron chi connectivity index (χ4n) is 3.15. The Morgan fingerprint density at radius 1 is 1.27 bits per heavy atom. The number of likely N-dealkylation sites (N-methyl/N-ethyl adjacent to an activating group) is 1. The minimum atomic E-state index is -4.01. The molecule has 1 aliphatic rings. The first-order valence-electron chi connectivity index (χ1n) is 8.21. The fourth-order valence-corrected chi connectivity index (χ4v) is 3.68. The minimum absolute atomic E-state index is 0.230. The second-order valence-corrected chi connectivity index (χ2v) is 7.73. The lowest BCUT2D eigenvalue weighted by atomic mass is 9.97. The van der Waals surface area contributed by atoms with E-state index in [1.54, 1.807) is 0 Å². The molecular weight excluding hydrogens is 356 g/mol. The van der Waals surface area contributed by atoms with E-state index in [0.29, 0.717) is 0 Å². The third-order valence-electron chi connectivity index (χ3n) is 4.56. The van der Waals surface area contributed by atoms with Crippen molar-refractivity contribution in [1.29, 1.82) is 0 Å². The third kappa shape index (κ3) is 3.69. The molecule has 2 aromatic rings. The molecule has 3 N–H and O–H groups in total. The van der Waals surface area contributed by atoms with Crippen molar-refractivity contribution in [1.82, 2.24) is 4.90 Å². The lowest BCUT2D eigenvalue weighted by Crippen LogP contribution is -2.30. The molecule has 138 valence electrons. The van der Waals surface area contributed by atoms with Gasteiger partial charge in [-0.2, -0.15) is 0 Å². The van der Waals surface area contributed by atoms with Gasteiger partial charge in [0.05, 0.1) is 9.82 Å². The van der Waals surface area contributed by atoms with Gasteiger partial charge in [-0.05, 0) is 42.3 Å². The number of nitrogens with zero attached hydrogens (tertiary/aromatic N) is 2. The van der Waals surface area contributed by atoms with Gasteiger partial charge in [-0.1, -0.05) is 19.1 Å².